The molecule has 1 atom stereocenters. The quantitative estimate of drug-likeness (QED) is 0.491. The Bertz CT molecular complexity index is 1080. The van der Waals surface area contributed by atoms with Crippen molar-refractivity contribution in [2.45, 2.75) is 39.7 Å². The molecule has 0 saturated carbocycles. The van der Waals surface area contributed by atoms with Crippen LogP contribution in [0.1, 0.15) is 50.8 Å². The first-order valence-electron chi connectivity index (χ1n) is 12.1. The average molecular weight is 496 g/mol. The molecule has 194 valence electrons. The highest BCUT2D eigenvalue weighted by Gasteiger charge is 2.36. The molecule has 0 radical (unpaired) electrons. The van der Waals surface area contributed by atoms with Gasteiger partial charge in [0.05, 0.1) is 32.6 Å². The van der Waals surface area contributed by atoms with Crippen LogP contribution < -0.4 is 9.47 Å². The number of hydrogen-bond acceptors (Lipinski definition) is 6. The van der Waals surface area contributed by atoms with Crippen LogP contribution in [-0.2, 0) is 14.3 Å². The summed E-state index contributed by atoms with van der Waals surface area (Å²) in [6.45, 7) is 6.61. The molecule has 2 aromatic carbocycles. The fourth-order valence-electron chi connectivity index (χ4n) is 4.18. The van der Waals surface area contributed by atoms with Crippen LogP contribution in [0, 0.1) is 5.41 Å². The van der Waals surface area contributed by atoms with Crippen molar-refractivity contribution >= 4 is 17.5 Å². The largest absolute Gasteiger partial charge is 0.497 e. The molecule has 0 spiro atoms. The van der Waals surface area contributed by atoms with Crippen LogP contribution in [0.3, 0.4) is 0 Å². The zero-order valence-electron chi connectivity index (χ0n) is 22.1. The second-order valence-electron chi connectivity index (χ2n) is 10.0. The third-order valence-corrected chi connectivity index (χ3v) is 6.01. The standard InChI is InChI=1S/C28H37N3O5/c1-28(2,3)18-26(32)30(15-16-34-4)19-27(33)31-24(22-9-7-8-10-25(22)36-6)17-23(29-31)20-11-13-21(35-5)14-12-20/h7-14,24H,15-19H2,1-6H3/t24-/m1/s1. The van der Waals surface area contributed by atoms with E-state index in [0.29, 0.717) is 31.7 Å². The summed E-state index contributed by atoms with van der Waals surface area (Å²) in [4.78, 5) is 28.3. The number of rotatable bonds is 10. The van der Waals surface area contributed by atoms with E-state index in [9.17, 15) is 9.59 Å². The lowest BCUT2D eigenvalue weighted by Gasteiger charge is -2.29. The number of ether oxygens (including phenoxy) is 3. The summed E-state index contributed by atoms with van der Waals surface area (Å²) < 4.78 is 16.1. The van der Waals surface area contributed by atoms with E-state index in [4.69, 9.17) is 19.3 Å². The number of amides is 2. The molecule has 0 saturated heterocycles. The molecule has 0 fully saturated rings. The first-order valence-corrected chi connectivity index (χ1v) is 12.1. The Labute approximate surface area is 213 Å². The van der Waals surface area contributed by atoms with Gasteiger partial charge in [0, 0.05) is 32.1 Å². The van der Waals surface area contributed by atoms with E-state index in [2.05, 4.69) is 0 Å². The second kappa shape index (κ2) is 12.0. The molecule has 8 nitrogen and oxygen atoms in total. The fourth-order valence-corrected chi connectivity index (χ4v) is 4.18. The molecule has 3 rings (SSSR count). The zero-order valence-corrected chi connectivity index (χ0v) is 22.1. The molecule has 1 aliphatic heterocycles. The van der Waals surface area contributed by atoms with Gasteiger partial charge in [-0.3, -0.25) is 9.59 Å². The van der Waals surface area contributed by atoms with E-state index < -0.39 is 0 Å². The van der Waals surface area contributed by atoms with Gasteiger partial charge in [0.25, 0.3) is 5.91 Å². The van der Waals surface area contributed by atoms with Gasteiger partial charge in [-0.05, 0) is 41.3 Å². The number of hydrazone groups is 1. The van der Waals surface area contributed by atoms with Gasteiger partial charge < -0.3 is 19.1 Å². The van der Waals surface area contributed by atoms with Gasteiger partial charge >= 0.3 is 0 Å². The summed E-state index contributed by atoms with van der Waals surface area (Å²) in [7, 11) is 4.82. The Kier molecular flexibility index (Phi) is 9.09. The van der Waals surface area contributed by atoms with Crippen LogP contribution in [0.2, 0.25) is 0 Å². The van der Waals surface area contributed by atoms with Gasteiger partial charge in [-0.1, -0.05) is 39.0 Å². The average Bonchev–Trinajstić information content (AvgIpc) is 3.30. The van der Waals surface area contributed by atoms with E-state index in [1.54, 1.807) is 26.2 Å². The Hall–Kier alpha value is -3.39. The molecule has 2 aromatic rings. The molecule has 0 aliphatic carbocycles. The maximum atomic E-state index is 13.7. The Morgan fingerprint density at radius 3 is 2.33 bits per heavy atom. The maximum Gasteiger partial charge on any atom is 0.262 e. The van der Waals surface area contributed by atoms with Crippen LogP contribution in [-0.4, -0.2) is 68.5 Å². The minimum atomic E-state index is -0.354. The predicted molar refractivity (Wildman–Crippen MR) is 139 cm³/mol. The lowest BCUT2D eigenvalue weighted by molar-refractivity contribution is -0.143. The molecule has 0 unspecified atom stereocenters. The van der Waals surface area contributed by atoms with E-state index in [0.717, 1.165) is 22.6 Å². The highest BCUT2D eigenvalue weighted by Crippen LogP contribution is 2.37. The summed E-state index contributed by atoms with van der Waals surface area (Å²) >= 11 is 0. The van der Waals surface area contributed by atoms with Crippen LogP contribution >= 0.6 is 0 Å². The maximum absolute atomic E-state index is 13.7. The summed E-state index contributed by atoms with van der Waals surface area (Å²) in [5.74, 6) is 1.09. The number of carbonyl (C=O) groups is 2. The predicted octanol–water partition coefficient (Wildman–Crippen LogP) is 4.29. The number of nitrogens with zero attached hydrogens (tertiary/aromatic N) is 3. The highest BCUT2D eigenvalue weighted by atomic mass is 16.5. The van der Waals surface area contributed by atoms with Gasteiger partial charge in [0.15, 0.2) is 0 Å². The number of benzene rings is 2. The molecule has 0 aromatic heterocycles. The van der Waals surface area contributed by atoms with E-state index in [1.807, 2.05) is 69.3 Å². The van der Waals surface area contributed by atoms with Gasteiger partial charge in [0.2, 0.25) is 5.91 Å². The summed E-state index contributed by atoms with van der Waals surface area (Å²) in [5.41, 5.74) is 2.36. The second-order valence-corrected chi connectivity index (χ2v) is 10.0. The molecule has 36 heavy (non-hydrogen) atoms. The van der Waals surface area contributed by atoms with Crippen molar-refractivity contribution in [3.8, 4) is 11.5 Å². The Morgan fingerprint density at radius 1 is 1.03 bits per heavy atom. The SMILES string of the molecule is COCCN(CC(=O)N1N=C(c2ccc(OC)cc2)C[C@@H]1c1ccccc1OC)C(=O)CC(C)(C)C. The Balaban J connectivity index is 1.93. The molecule has 8 heteroatoms. The minimum absolute atomic E-state index is 0.0800. The molecular formula is C28H37N3O5. The molecule has 0 bridgehead atoms. The summed E-state index contributed by atoms with van der Waals surface area (Å²) in [6, 6.07) is 14.9. The van der Waals surface area contributed by atoms with Gasteiger partial charge in [-0.2, -0.15) is 5.10 Å². The fraction of sp³-hybridized carbons (Fsp3) is 0.464. The number of para-hydroxylation sites is 1. The van der Waals surface area contributed by atoms with E-state index >= 15 is 0 Å². The summed E-state index contributed by atoms with van der Waals surface area (Å²) in [5, 5.41) is 6.25. The first kappa shape index (κ1) is 27.2. The third-order valence-electron chi connectivity index (χ3n) is 6.01. The van der Waals surface area contributed by atoms with Crippen LogP contribution in [0.25, 0.3) is 0 Å². The highest BCUT2D eigenvalue weighted by molar-refractivity contribution is 6.03. The number of hydrogen-bond donors (Lipinski definition) is 0. The van der Waals surface area contributed by atoms with Crippen LogP contribution in [0.4, 0.5) is 0 Å². The lowest BCUT2D eigenvalue weighted by atomic mass is 9.91. The molecule has 1 heterocycles. The van der Waals surface area contributed by atoms with Crippen LogP contribution in [0.15, 0.2) is 53.6 Å². The van der Waals surface area contributed by atoms with Crippen molar-refractivity contribution < 1.29 is 23.8 Å². The molecule has 0 N–H and O–H groups in total. The van der Waals surface area contributed by atoms with Crippen molar-refractivity contribution in [3.05, 3.63) is 59.7 Å². The number of methoxy groups -OCH3 is 3. The first-order chi connectivity index (χ1) is 17.2. The van der Waals surface area contributed by atoms with Gasteiger partial charge in [-0.25, -0.2) is 5.01 Å². The minimum Gasteiger partial charge on any atom is -0.497 e. The van der Waals surface area contributed by atoms with Crippen molar-refractivity contribution in [2.75, 3.05) is 41.0 Å². The topological polar surface area (TPSA) is 80.7 Å². The van der Waals surface area contributed by atoms with E-state index in [1.165, 1.54) is 5.01 Å². The molecule has 1 aliphatic rings. The van der Waals surface area contributed by atoms with Crippen LogP contribution in [0.5, 0.6) is 11.5 Å². The Morgan fingerprint density at radius 2 is 1.72 bits per heavy atom. The third kappa shape index (κ3) is 6.85. The summed E-state index contributed by atoms with van der Waals surface area (Å²) in [6.07, 6.45) is 0.854. The monoisotopic (exact) mass is 495 g/mol. The van der Waals surface area contributed by atoms with Crippen molar-refractivity contribution in [2.24, 2.45) is 10.5 Å². The van der Waals surface area contributed by atoms with Gasteiger partial charge in [0.1, 0.15) is 18.0 Å². The number of carbonyl (C=O) groups excluding carboxylic acids is 2. The lowest BCUT2D eigenvalue weighted by Crippen LogP contribution is -2.43. The van der Waals surface area contributed by atoms with E-state index in [-0.39, 0.29) is 29.8 Å². The molecule has 2 amide bonds. The normalized spacial score (nSPS) is 15.4. The van der Waals surface area contributed by atoms with Crippen molar-refractivity contribution in [1.82, 2.24) is 9.91 Å². The van der Waals surface area contributed by atoms with Crippen molar-refractivity contribution in [1.29, 1.82) is 0 Å². The molecular weight excluding hydrogens is 458 g/mol. The van der Waals surface area contributed by atoms with Gasteiger partial charge in [-0.15, -0.1) is 0 Å². The smallest absolute Gasteiger partial charge is 0.262 e. The van der Waals surface area contributed by atoms with Crippen molar-refractivity contribution in [3.63, 3.8) is 0 Å². The zero-order chi connectivity index (χ0) is 26.3.